The van der Waals surface area contributed by atoms with Crippen LogP contribution in [0.5, 0.6) is 0 Å². The average Bonchev–Trinajstić information content (AvgIpc) is 1.35. The molecule has 0 amide bonds. The first-order chi connectivity index (χ1) is 2.77. The second kappa shape index (κ2) is 4.17. The first-order valence-electron chi connectivity index (χ1n) is 1.95. The Morgan fingerprint density at radius 2 is 2.17 bits per heavy atom. The number of rotatable bonds is 2. The van der Waals surface area contributed by atoms with Crippen LogP contribution in [0.2, 0.25) is 11.6 Å². The molecule has 0 radical (unpaired) electrons. The van der Waals surface area contributed by atoms with Crippen molar-refractivity contribution in [2.24, 2.45) is 0 Å². The van der Waals surface area contributed by atoms with Gasteiger partial charge in [-0.25, -0.2) is 0 Å². The van der Waals surface area contributed by atoms with Gasteiger partial charge in [-0.1, -0.05) is 11.6 Å². The van der Waals surface area contributed by atoms with Crippen molar-refractivity contribution in [1.82, 2.24) is 0 Å². The summed E-state index contributed by atoms with van der Waals surface area (Å²) < 4.78 is 5.08. The van der Waals surface area contributed by atoms with Gasteiger partial charge in [-0.05, 0) is 0 Å². The highest BCUT2D eigenvalue weighted by Crippen LogP contribution is 1.80. The van der Waals surface area contributed by atoms with E-state index in [1.807, 2.05) is 0 Å². The summed E-state index contributed by atoms with van der Waals surface area (Å²) in [6, 6.07) is 0. The minimum Gasteiger partial charge on any atom is -0.539 e. The molecule has 0 aliphatic carbocycles. The van der Waals surface area contributed by atoms with Crippen molar-refractivity contribution in [3.63, 3.8) is 0 Å². The summed E-state index contributed by atoms with van der Waals surface area (Å²) in [4.78, 5) is 0. The van der Waals surface area contributed by atoms with Gasteiger partial charge in [0, 0.05) is 0 Å². The summed E-state index contributed by atoms with van der Waals surface area (Å²) >= 11 is 4.61. The van der Waals surface area contributed by atoms with E-state index in [1.54, 1.807) is 0 Å². The van der Waals surface area contributed by atoms with Gasteiger partial charge < -0.3 is 3.48 Å². The third-order valence-electron chi connectivity index (χ3n) is 0.396. The van der Waals surface area contributed by atoms with Crippen LogP contribution in [0.3, 0.4) is 0 Å². The summed E-state index contributed by atoms with van der Waals surface area (Å²) in [6.07, 6.45) is 0. The lowest BCUT2D eigenvalue weighted by Gasteiger charge is -1.93. The van der Waals surface area contributed by atoms with E-state index in [1.165, 1.54) is 0 Å². The largest absolute Gasteiger partial charge is 0.539 e. The number of halogens is 1. The van der Waals surface area contributed by atoms with Gasteiger partial charge in [0.05, 0.1) is 0 Å². The maximum absolute atomic E-state index is 5.35. The first kappa shape index (κ1) is 7.00. The van der Waals surface area contributed by atoms with Crippen molar-refractivity contribution in [3.05, 3.63) is 0 Å². The van der Waals surface area contributed by atoms with E-state index in [0.29, 0.717) is 0 Å². The van der Waals surface area contributed by atoms with E-state index in [9.17, 15) is 0 Å². The molecule has 0 unspecified atom stereocenters. The lowest BCUT2D eigenvalue weighted by molar-refractivity contribution is 0.641. The summed E-state index contributed by atoms with van der Waals surface area (Å²) in [5.74, 6) is 4.24. The lowest BCUT2D eigenvalue weighted by Crippen LogP contribution is -2.06. The van der Waals surface area contributed by atoms with Crippen molar-refractivity contribution in [3.8, 4) is 0 Å². The van der Waals surface area contributed by atoms with Crippen molar-refractivity contribution >= 4 is 34.6 Å². The number of hydrogen-bond acceptors (Lipinski definition) is 1. The normalized spacial score (nSPS) is 10.5. The predicted octanol–water partition coefficient (Wildman–Crippen LogP) is 0.492. The Kier molecular flexibility index (Phi) is 4.86. The smallest absolute Gasteiger partial charge is 0.443 e. The molecule has 0 N–H and O–H groups in total. The van der Waals surface area contributed by atoms with Crippen LogP contribution >= 0.6 is 11.1 Å². The van der Waals surface area contributed by atoms with Gasteiger partial charge in [0.2, 0.25) is 9.07 Å². The van der Waals surface area contributed by atoms with Gasteiger partial charge in [-0.15, -0.1) is 11.1 Å². The minimum atomic E-state index is -0.741. The summed E-state index contributed by atoms with van der Waals surface area (Å²) in [5.41, 5.74) is 0. The van der Waals surface area contributed by atoms with Gasteiger partial charge in [0.1, 0.15) is 0 Å². The molecule has 6 heavy (non-hydrogen) atoms. The van der Waals surface area contributed by atoms with Gasteiger partial charge in [-0.2, -0.15) is 0 Å². The fourth-order valence-electron chi connectivity index (χ4n) is 0.126. The fraction of sp³-hybridized carbons (Fsp3) is 1.00. The van der Waals surface area contributed by atoms with Gasteiger partial charge in [-0.3, -0.25) is 0 Å². The Morgan fingerprint density at radius 1 is 1.67 bits per heavy atom. The molecule has 0 saturated carbocycles. The molecule has 0 heterocycles. The molecule has 0 bridgehead atoms. The zero-order chi connectivity index (χ0) is 4.99. The average molecular weight is 139 g/mol. The first-order valence-corrected chi connectivity index (χ1v) is 7.44. The molecule has 1 nitrogen and oxygen atoms in total. The quantitative estimate of drug-likeness (QED) is 0.399. The Balaban J connectivity index is 2.63. The Hall–Kier alpha value is 0.999. The lowest BCUT2D eigenvalue weighted by atomic mass is 11.9. The van der Waals surface area contributed by atoms with Crippen LogP contribution in [0.4, 0.5) is 0 Å². The molecule has 4 heteroatoms. The van der Waals surface area contributed by atoms with Crippen LogP contribution in [0.25, 0.3) is 0 Å². The highest BCUT2D eigenvalue weighted by atomic mass is 35.6. The van der Waals surface area contributed by atoms with Crippen molar-refractivity contribution < 1.29 is 3.48 Å². The third-order valence-corrected chi connectivity index (χ3v) is 4.70. The summed E-state index contributed by atoms with van der Waals surface area (Å²) in [6.45, 7) is 0. The van der Waals surface area contributed by atoms with Crippen LogP contribution in [-0.2, 0) is 3.48 Å². The molecular formula is C2H8AlClOSi. The van der Waals surface area contributed by atoms with E-state index >= 15 is 0 Å². The van der Waals surface area contributed by atoms with E-state index in [0.717, 1.165) is 0 Å². The van der Waals surface area contributed by atoms with E-state index in [-0.39, 0.29) is 0 Å². The standard InChI is InChI=1S/2CH3.Al.ClH2OSi/c;;;1-3-2/h2*1H3;;3H2/q;;+1;-1. The second-order valence-electron chi connectivity index (χ2n) is 1.32. The maximum Gasteiger partial charge on any atom is 0.443 e. The monoisotopic (exact) mass is 138 g/mol. The van der Waals surface area contributed by atoms with Gasteiger partial charge >= 0.3 is 14.5 Å². The van der Waals surface area contributed by atoms with Crippen molar-refractivity contribution in [2.45, 2.75) is 11.6 Å². The summed E-state index contributed by atoms with van der Waals surface area (Å²) in [7, 11) is -0.600. The molecule has 0 atom stereocenters. The number of hydrogen-bond donors (Lipinski definition) is 0. The van der Waals surface area contributed by atoms with Crippen LogP contribution in [0, 0.1) is 0 Å². The molecule has 0 aliphatic heterocycles. The minimum absolute atomic E-state index is 0.600. The zero-order valence-electron chi connectivity index (χ0n) is 4.07. The Labute approximate surface area is 50.0 Å². The van der Waals surface area contributed by atoms with Crippen molar-refractivity contribution in [2.75, 3.05) is 0 Å². The van der Waals surface area contributed by atoms with Crippen LogP contribution in [0.1, 0.15) is 0 Å². The molecule has 0 saturated heterocycles. The Bertz CT molecular complexity index is 34.7. The second-order valence-corrected chi connectivity index (χ2v) is 5.63. The zero-order valence-corrected chi connectivity index (χ0v) is 7.40. The van der Waals surface area contributed by atoms with E-state index in [2.05, 4.69) is 11.6 Å². The predicted molar refractivity (Wildman–Crippen MR) is 33.0 cm³/mol. The van der Waals surface area contributed by atoms with E-state index < -0.39 is 23.6 Å². The van der Waals surface area contributed by atoms with Gasteiger partial charge in [0.25, 0.3) is 0 Å². The fourth-order valence-corrected chi connectivity index (χ4v) is 3.40. The highest BCUT2D eigenvalue weighted by molar-refractivity contribution is 6.92. The van der Waals surface area contributed by atoms with E-state index in [4.69, 9.17) is 14.6 Å². The van der Waals surface area contributed by atoms with Crippen LogP contribution in [-0.4, -0.2) is 23.6 Å². The molecule has 0 aliphatic rings. The van der Waals surface area contributed by atoms with Gasteiger partial charge in [0.15, 0.2) is 0 Å². The van der Waals surface area contributed by atoms with Crippen LogP contribution in [0.15, 0.2) is 0 Å². The molecular weight excluding hydrogens is 131 g/mol. The molecule has 0 aromatic rings. The van der Waals surface area contributed by atoms with Crippen LogP contribution < -0.4 is 0 Å². The molecule has 36 valence electrons. The van der Waals surface area contributed by atoms with Crippen molar-refractivity contribution in [1.29, 1.82) is 0 Å². The molecule has 0 aromatic heterocycles. The maximum atomic E-state index is 5.35. The highest BCUT2D eigenvalue weighted by Gasteiger charge is 1.99. The topological polar surface area (TPSA) is 9.23 Å². The Morgan fingerprint density at radius 3 is 2.17 bits per heavy atom. The molecule has 0 rings (SSSR count). The molecule has 0 fully saturated rings. The summed E-state index contributed by atoms with van der Waals surface area (Å²) in [5, 5.41) is 0. The SMILES string of the molecule is [CH3][Al]([CH3])[O][SiH2]Cl. The molecule has 0 spiro atoms. The third kappa shape index (κ3) is 5.00. The molecule has 0 aromatic carbocycles.